The first-order valence-corrected chi connectivity index (χ1v) is 19.1. The number of aliphatic hydroxyl groups is 1. The van der Waals surface area contributed by atoms with Crippen molar-refractivity contribution >= 4 is 25.6 Å². The molecular weight excluding hydrogens is 642 g/mol. The Balaban J connectivity index is 0.00000417. The van der Waals surface area contributed by atoms with Gasteiger partial charge in [0.2, 0.25) is 0 Å². The Bertz CT molecular complexity index is 1280. The maximum absolute atomic E-state index is 12.8. The summed E-state index contributed by atoms with van der Waals surface area (Å²) in [6, 6.07) is 0. The van der Waals surface area contributed by atoms with Gasteiger partial charge in [0.05, 0.1) is 37.1 Å². The fourth-order valence-electron chi connectivity index (χ4n) is 12.9. The van der Waals surface area contributed by atoms with Crippen molar-refractivity contribution in [1.29, 1.82) is 0 Å². The molecule has 0 aromatic rings. The van der Waals surface area contributed by atoms with E-state index in [9.17, 15) is 14.7 Å². The molecule has 5 saturated carbocycles. The first-order valence-electron chi connectivity index (χ1n) is 19.1. The molecule has 1 N–H and O–H groups in total. The minimum Gasteiger partial charge on any atom is -0.457 e. The number of esters is 1. The number of rotatable bonds is 5. The topological polar surface area (TPSA) is 104 Å². The molecule has 1 amide bonds. The van der Waals surface area contributed by atoms with Crippen molar-refractivity contribution < 1.29 is 38.4 Å². The number of morpholine rings is 1. The average molecular weight is 708 g/mol. The monoisotopic (exact) mass is 707 g/mol. The van der Waals surface area contributed by atoms with Crippen LogP contribution in [0.4, 0.5) is 4.79 Å². The Kier molecular flexibility index (Phi) is 9.63. The Morgan fingerprint density at radius 2 is 1.63 bits per heavy atom. The van der Waals surface area contributed by atoms with Crippen LogP contribution in [0.15, 0.2) is 0 Å². The van der Waals surface area contributed by atoms with E-state index >= 15 is 0 Å². The molecule has 7 fully saturated rings. The van der Waals surface area contributed by atoms with E-state index in [4.69, 9.17) is 23.7 Å². The van der Waals surface area contributed by atoms with Crippen LogP contribution in [0, 0.1) is 45.3 Å². The van der Waals surface area contributed by atoms with Crippen LogP contribution < -0.4 is 0 Å². The van der Waals surface area contributed by atoms with E-state index in [1.54, 1.807) is 18.7 Å². The molecular formula is C39H65NO8S. The highest BCUT2D eigenvalue weighted by atomic mass is 32.1. The summed E-state index contributed by atoms with van der Waals surface area (Å²) in [5, 5.41) is 10.9. The zero-order valence-electron chi connectivity index (χ0n) is 31.6. The minimum atomic E-state index is -1.16. The summed E-state index contributed by atoms with van der Waals surface area (Å²) in [5.41, 5.74) is -0.558. The van der Waals surface area contributed by atoms with Crippen LogP contribution in [0.5, 0.6) is 0 Å². The second kappa shape index (κ2) is 12.5. The lowest BCUT2D eigenvalue weighted by Crippen LogP contribution is -2.56. The van der Waals surface area contributed by atoms with E-state index in [1.165, 1.54) is 45.4 Å². The summed E-state index contributed by atoms with van der Waals surface area (Å²) in [7, 11) is 0. The molecule has 0 radical (unpaired) electrons. The predicted molar refractivity (Wildman–Crippen MR) is 190 cm³/mol. The van der Waals surface area contributed by atoms with Gasteiger partial charge in [-0.05, 0) is 144 Å². The normalized spacial score (nSPS) is 44.5. The summed E-state index contributed by atoms with van der Waals surface area (Å²) in [6.45, 7) is 19.4. The van der Waals surface area contributed by atoms with Gasteiger partial charge in [-0.25, -0.2) is 4.79 Å². The molecule has 2 aliphatic heterocycles. The average Bonchev–Trinajstić information content (AvgIpc) is 3.56. The molecule has 280 valence electrons. The third-order valence-electron chi connectivity index (χ3n) is 14.9. The van der Waals surface area contributed by atoms with Gasteiger partial charge in [-0.2, -0.15) is 13.5 Å². The summed E-state index contributed by atoms with van der Waals surface area (Å²) in [6.07, 6.45) is 10.3. The Morgan fingerprint density at radius 1 is 0.918 bits per heavy atom. The summed E-state index contributed by atoms with van der Waals surface area (Å²) >= 11 is 0. The van der Waals surface area contributed by atoms with Crippen molar-refractivity contribution in [2.45, 2.75) is 168 Å². The zero-order chi connectivity index (χ0) is 34.7. The molecule has 0 aromatic carbocycles. The molecule has 9 nitrogen and oxygen atoms in total. The van der Waals surface area contributed by atoms with Crippen molar-refractivity contribution in [3.63, 3.8) is 0 Å². The van der Waals surface area contributed by atoms with Crippen molar-refractivity contribution in [3.8, 4) is 0 Å². The van der Waals surface area contributed by atoms with Gasteiger partial charge in [-0.3, -0.25) is 4.79 Å². The van der Waals surface area contributed by atoms with Crippen LogP contribution in [0.1, 0.15) is 127 Å². The van der Waals surface area contributed by atoms with Gasteiger partial charge in [0, 0.05) is 13.5 Å². The minimum absolute atomic E-state index is 0. The third kappa shape index (κ3) is 6.17. The lowest BCUT2D eigenvalue weighted by Gasteiger charge is -2.60. The SMILES string of the molecule is CC(=O)O[C@@H](C1CCC2C(CC3C4CCC5C(C)(C)[C@@H](OC6CN(C(=O)OC(C)(C)C)CCO6)CC[C@@]56CC46CCC23C)O1)C(C)(C)O.S. The van der Waals surface area contributed by atoms with Gasteiger partial charge in [0.15, 0.2) is 12.4 Å². The number of ether oxygens (including phenoxy) is 5. The Morgan fingerprint density at radius 3 is 2.31 bits per heavy atom. The van der Waals surface area contributed by atoms with Gasteiger partial charge < -0.3 is 33.7 Å². The van der Waals surface area contributed by atoms with E-state index in [0.717, 1.165) is 31.6 Å². The molecule has 10 heteroatoms. The predicted octanol–water partition coefficient (Wildman–Crippen LogP) is 6.99. The maximum atomic E-state index is 12.8. The maximum Gasteiger partial charge on any atom is 0.410 e. The van der Waals surface area contributed by atoms with E-state index in [1.807, 2.05) is 20.8 Å². The van der Waals surface area contributed by atoms with Crippen molar-refractivity contribution in [1.82, 2.24) is 4.90 Å². The standard InChI is InChI=1S/C39H63NO8.H2S/c1-23(41)45-32(36(7,8)43)27-12-10-25-28(46-27)20-26-24-11-13-29-35(5,6)30(14-15-39(29)22-38(24,39)17-16-37(25,26)9)47-31-21-40(18-19-44-31)33(42)48-34(2,3)4;/h24-32,43H,10-22H2,1-9H3;1H2/t24?,25?,26?,27?,28?,29?,30-,31?,32-,37?,38?,39+;/m0./s1. The van der Waals surface area contributed by atoms with Crippen LogP contribution in [0.3, 0.4) is 0 Å². The van der Waals surface area contributed by atoms with E-state index in [0.29, 0.717) is 48.3 Å². The first-order chi connectivity index (χ1) is 22.3. The molecule has 7 aliphatic rings. The number of fused-ring (bicyclic) bond motifs is 4. The number of hydrogen-bond donors (Lipinski definition) is 1. The first kappa shape index (κ1) is 37.7. The smallest absolute Gasteiger partial charge is 0.410 e. The Labute approximate surface area is 301 Å². The lowest BCUT2D eigenvalue weighted by atomic mass is 9.46. The summed E-state index contributed by atoms with van der Waals surface area (Å²) in [5.74, 6) is 2.17. The molecule has 9 unspecified atom stereocenters. The van der Waals surface area contributed by atoms with Crippen LogP contribution in [0.2, 0.25) is 0 Å². The fourth-order valence-corrected chi connectivity index (χ4v) is 12.9. The van der Waals surface area contributed by atoms with E-state index in [-0.39, 0.29) is 54.7 Å². The van der Waals surface area contributed by atoms with Gasteiger partial charge in [-0.1, -0.05) is 20.8 Å². The lowest BCUT2D eigenvalue weighted by molar-refractivity contribution is -0.243. The molecule has 2 spiro atoms. The number of amides is 1. The number of hydrogen-bond acceptors (Lipinski definition) is 8. The molecule has 49 heavy (non-hydrogen) atoms. The number of carbonyl (C=O) groups is 2. The fraction of sp³-hybridized carbons (Fsp3) is 0.949. The van der Waals surface area contributed by atoms with Crippen molar-refractivity contribution in [2.75, 3.05) is 19.7 Å². The van der Waals surface area contributed by atoms with Crippen molar-refractivity contribution in [3.05, 3.63) is 0 Å². The highest BCUT2D eigenvalue weighted by Gasteiger charge is 2.80. The Hall–Kier alpha value is -1.07. The van der Waals surface area contributed by atoms with Gasteiger partial charge in [0.25, 0.3) is 0 Å². The van der Waals surface area contributed by atoms with Crippen LogP contribution in [0.25, 0.3) is 0 Å². The van der Waals surface area contributed by atoms with Crippen LogP contribution in [-0.4, -0.2) is 83.7 Å². The van der Waals surface area contributed by atoms with E-state index < -0.39 is 23.6 Å². The second-order valence-electron chi connectivity index (χ2n) is 19.4. The van der Waals surface area contributed by atoms with Gasteiger partial charge in [0.1, 0.15) is 5.60 Å². The number of nitrogens with zero attached hydrogens (tertiary/aromatic N) is 1. The molecule has 2 heterocycles. The van der Waals surface area contributed by atoms with Gasteiger partial charge in [-0.15, -0.1) is 0 Å². The van der Waals surface area contributed by atoms with E-state index in [2.05, 4.69) is 20.8 Å². The second-order valence-corrected chi connectivity index (χ2v) is 19.4. The van der Waals surface area contributed by atoms with Gasteiger partial charge >= 0.3 is 12.1 Å². The summed E-state index contributed by atoms with van der Waals surface area (Å²) < 4.78 is 31.0. The molecule has 2 saturated heterocycles. The largest absolute Gasteiger partial charge is 0.457 e. The quantitative estimate of drug-likeness (QED) is 0.305. The molecule has 0 aromatic heterocycles. The zero-order valence-corrected chi connectivity index (χ0v) is 32.6. The molecule has 7 rings (SSSR count). The molecule has 0 bridgehead atoms. The van der Waals surface area contributed by atoms with Crippen molar-refractivity contribution in [2.24, 2.45) is 45.3 Å². The highest BCUT2D eigenvalue weighted by Crippen LogP contribution is 2.87. The molecule has 12 atom stereocenters. The molecule has 5 aliphatic carbocycles. The third-order valence-corrected chi connectivity index (χ3v) is 14.9. The highest BCUT2D eigenvalue weighted by molar-refractivity contribution is 7.59. The number of carbonyl (C=O) groups excluding carboxylic acids is 2. The van der Waals surface area contributed by atoms with Crippen LogP contribution in [-0.2, 0) is 28.5 Å². The summed E-state index contributed by atoms with van der Waals surface area (Å²) in [4.78, 5) is 26.5. The van der Waals surface area contributed by atoms with Crippen LogP contribution >= 0.6 is 13.5 Å².